The molecule has 76 valence electrons. The molecule has 0 bridgehead atoms. The maximum Gasteiger partial charge on any atom is 0.147 e. The Labute approximate surface area is 97.2 Å². The number of hydrogen-bond donors (Lipinski definition) is 0. The third-order valence-electron chi connectivity index (χ3n) is 2.71. The number of rotatable bonds is 1. The highest BCUT2D eigenvalue weighted by atomic mass is 79.9. The number of hydrogen-bond acceptors (Lipinski definition) is 2. The van der Waals surface area contributed by atoms with E-state index in [1.165, 1.54) is 25.7 Å². The maximum absolute atomic E-state index is 6.00. The van der Waals surface area contributed by atoms with E-state index >= 15 is 0 Å². The number of aromatic nitrogens is 2. The second-order valence-electron chi connectivity index (χ2n) is 3.75. The Kier molecular flexibility index (Phi) is 3.07. The van der Waals surface area contributed by atoms with Gasteiger partial charge in [-0.25, -0.2) is 9.97 Å². The van der Waals surface area contributed by atoms with Gasteiger partial charge in [0.05, 0.1) is 10.2 Å². The minimum absolute atomic E-state index is 0.527. The first-order valence-electron chi connectivity index (χ1n) is 4.88. The largest absolute Gasteiger partial charge is 0.237 e. The minimum atomic E-state index is 0.527. The molecule has 2 nitrogen and oxygen atoms in total. The van der Waals surface area contributed by atoms with Crippen LogP contribution in [0.25, 0.3) is 0 Å². The van der Waals surface area contributed by atoms with Crippen LogP contribution in [-0.4, -0.2) is 9.97 Å². The third-order valence-corrected chi connectivity index (χ3v) is 4.17. The standard InChI is InChI=1S/C10H12BrClN2/c1-6-8(11)9(12)14-10(13-6)7-4-2-3-5-7/h7H,2-5H2,1H3. The lowest BCUT2D eigenvalue weighted by atomic mass is 10.1. The molecule has 0 radical (unpaired) electrons. The van der Waals surface area contributed by atoms with E-state index in [1.807, 2.05) is 6.92 Å². The van der Waals surface area contributed by atoms with E-state index in [9.17, 15) is 0 Å². The predicted octanol–water partition coefficient (Wildman–Crippen LogP) is 3.86. The molecule has 1 aliphatic carbocycles. The van der Waals surface area contributed by atoms with Crippen LogP contribution in [0, 0.1) is 6.92 Å². The van der Waals surface area contributed by atoms with E-state index in [2.05, 4.69) is 25.9 Å². The van der Waals surface area contributed by atoms with Crippen molar-refractivity contribution in [3.8, 4) is 0 Å². The van der Waals surface area contributed by atoms with Gasteiger partial charge in [0.2, 0.25) is 0 Å². The zero-order valence-electron chi connectivity index (χ0n) is 8.06. The van der Waals surface area contributed by atoms with Gasteiger partial charge in [0.15, 0.2) is 0 Å². The normalized spacial score (nSPS) is 17.6. The summed E-state index contributed by atoms with van der Waals surface area (Å²) in [6, 6.07) is 0. The van der Waals surface area contributed by atoms with Crippen molar-refractivity contribution in [2.45, 2.75) is 38.5 Å². The molecule has 0 aliphatic heterocycles. The third kappa shape index (κ3) is 1.94. The molecule has 1 aliphatic rings. The van der Waals surface area contributed by atoms with Crippen molar-refractivity contribution in [1.29, 1.82) is 0 Å². The first-order valence-corrected chi connectivity index (χ1v) is 6.05. The monoisotopic (exact) mass is 274 g/mol. The molecule has 1 heterocycles. The molecule has 1 aromatic heterocycles. The van der Waals surface area contributed by atoms with Crippen molar-refractivity contribution < 1.29 is 0 Å². The molecule has 4 heteroatoms. The molecule has 2 rings (SSSR count). The fourth-order valence-electron chi connectivity index (χ4n) is 1.91. The second kappa shape index (κ2) is 4.15. The Morgan fingerprint density at radius 1 is 1.29 bits per heavy atom. The number of nitrogens with zero attached hydrogens (tertiary/aromatic N) is 2. The Hall–Kier alpha value is -0.150. The summed E-state index contributed by atoms with van der Waals surface area (Å²) < 4.78 is 0.820. The van der Waals surface area contributed by atoms with Crippen LogP contribution >= 0.6 is 27.5 Å². The van der Waals surface area contributed by atoms with E-state index in [0.29, 0.717) is 11.1 Å². The minimum Gasteiger partial charge on any atom is -0.237 e. The average molecular weight is 276 g/mol. The summed E-state index contributed by atoms with van der Waals surface area (Å²) in [4.78, 5) is 8.80. The highest BCUT2D eigenvalue weighted by Gasteiger charge is 2.21. The summed E-state index contributed by atoms with van der Waals surface area (Å²) in [5, 5.41) is 0.541. The zero-order valence-corrected chi connectivity index (χ0v) is 10.4. The first-order chi connectivity index (χ1) is 6.68. The van der Waals surface area contributed by atoms with Crippen LogP contribution in [0.5, 0.6) is 0 Å². The molecule has 1 aromatic rings. The Balaban J connectivity index is 2.34. The fraction of sp³-hybridized carbons (Fsp3) is 0.600. The van der Waals surface area contributed by atoms with Crippen LogP contribution in [0.2, 0.25) is 5.15 Å². The highest BCUT2D eigenvalue weighted by Crippen LogP contribution is 2.34. The molecular formula is C10H12BrClN2. The molecule has 0 amide bonds. The van der Waals surface area contributed by atoms with Crippen LogP contribution in [0.4, 0.5) is 0 Å². The van der Waals surface area contributed by atoms with Crippen molar-refractivity contribution in [3.63, 3.8) is 0 Å². The van der Waals surface area contributed by atoms with Crippen LogP contribution in [0.15, 0.2) is 4.47 Å². The fourth-order valence-corrected chi connectivity index (χ4v) is 2.31. The Morgan fingerprint density at radius 3 is 2.50 bits per heavy atom. The van der Waals surface area contributed by atoms with Gasteiger partial charge >= 0.3 is 0 Å². The van der Waals surface area contributed by atoms with Gasteiger partial charge in [-0.2, -0.15) is 0 Å². The van der Waals surface area contributed by atoms with Gasteiger partial charge in [0, 0.05) is 5.92 Å². The number of aryl methyl sites for hydroxylation is 1. The summed E-state index contributed by atoms with van der Waals surface area (Å²) in [5.74, 6) is 1.45. The summed E-state index contributed by atoms with van der Waals surface area (Å²) in [7, 11) is 0. The van der Waals surface area contributed by atoms with Gasteiger partial charge in [-0.1, -0.05) is 24.4 Å². The molecular weight excluding hydrogens is 263 g/mol. The van der Waals surface area contributed by atoms with Gasteiger partial charge in [-0.05, 0) is 35.7 Å². The molecule has 0 N–H and O–H groups in total. The van der Waals surface area contributed by atoms with E-state index in [0.717, 1.165) is 16.0 Å². The van der Waals surface area contributed by atoms with Crippen LogP contribution in [0.1, 0.15) is 43.1 Å². The maximum atomic E-state index is 6.00. The van der Waals surface area contributed by atoms with Crippen LogP contribution < -0.4 is 0 Å². The Morgan fingerprint density at radius 2 is 1.93 bits per heavy atom. The first kappa shape index (κ1) is 10.4. The lowest BCUT2D eigenvalue weighted by Gasteiger charge is -2.09. The predicted molar refractivity (Wildman–Crippen MR) is 60.7 cm³/mol. The van der Waals surface area contributed by atoms with Crippen molar-refractivity contribution in [1.82, 2.24) is 9.97 Å². The number of halogens is 2. The smallest absolute Gasteiger partial charge is 0.147 e. The molecule has 14 heavy (non-hydrogen) atoms. The van der Waals surface area contributed by atoms with Crippen molar-refractivity contribution in [2.24, 2.45) is 0 Å². The van der Waals surface area contributed by atoms with Gasteiger partial charge < -0.3 is 0 Å². The van der Waals surface area contributed by atoms with Crippen molar-refractivity contribution in [3.05, 3.63) is 21.1 Å². The SMILES string of the molecule is Cc1nc(C2CCCC2)nc(Cl)c1Br. The van der Waals surface area contributed by atoms with E-state index < -0.39 is 0 Å². The van der Waals surface area contributed by atoms with Gasteiger partial charge in [0.1, 0.15) is 11.0 Å². The van der Waals surface area contributed by atoms with Crippen LogP contribution in [0.3, 0.4) is 0 Å². The second-order valence-corrected chi connectivity index (χ2v) is 4.90. The van der Waals surface area contributed by atoms with Gasteiger partial charge in [-0.3, -0.25) is 0 Å². The molecule has 0 spiro atoms. The Bertz CT molecular complexity index is 325. The van der Waals surface area contributed by atoms with Crippen LogP contribution in [-0.2, 0) is 0 Å². The average Bonchev–Trinajstić information content (AvgIpc) is 2.66. The highest BCUT2D eigenvalue weighted by molar-refractivity contribution is 9.10. The molecule has 0 saturated heterocycles. The molecule has 0 atom stereocenters. The van der Waals surface area contributed by atoms with Gasteiger partial charge in [0.25, 0.3) is 0 Å². The summed E-state index contributed by atoms with van der Waals surface area (Å²) in [6.45, 7) is 1.95. The summed E-state index contributed by atoms with van der Waals surface area (Å²) >= 11 is 9.36. The topological polar surface area (TPSA) is 25.8 Å². The van der Waals surface area contributed by atoms with Gasteiger partial charge in [-0.15, -0.1) is 0 Å². The molecule has 0 aromatic carbocycles. The van der Waals surface area contributed by atoms with E-state index in [-0.39, 0.29) is 0 Å². The molecule has 0 unspecified atom stereocenters. The zero-order chi connectivity index (χ0) is 10.1. The quantitative estimate of drug-likeness (QED) is 0.727. The van der Waals surface area contributed by atoms with E-state index in [4.69, 9.17) is 11.6 Å². The summed E-state index contributed by atoms with van der Waals surface area (Å²) in [5.41, 5.74) is 0.937. The molecule has 1 saturated carbocycles. The summed E-state index contributed by atoms with van der Waals surface area (Å²) in [6.07, 6.45) is 5.00. The molecule has 1 fully saturated rings. The van der Waals surface area contributed by atoms with E-state index in [1.54, 1.807) is 0 Å². The van der Waals surface area contributed by atoms with Crippen molar-refractivity contribution in [2.75, 3.05) is 0 Å². The lowest BCUT2D eigenvalue weighted by Crippen LogP contribution is -2.03. The lowest BCUT2D eigenvalue weighted by molar-refractivity contribution is 0.663. The van der Waals surface area contributed by atoms with Crippen molar-refractivity contribution >= 4 is 27.5 Å².